The van der Waals surface area contributed by atoms with Crippen LogP contribution in [0.2, 0.25) is 0 Å². The van der Waals surface area contributed by atoms with Crippen molar-refractivity contribution in [3.63, 3.8) is 0 Å². The Balaban J connectivity index is 0.00000102. The maximum atomic E-state index is 2.37. The van der Waals surface area contributed by atoms with E-state index in [-0.39, 0.29) is 51.0 Å². The van der Waals surface area contributed by atoms with Crippen LogP contribution in [0, 0.1) is 13.8 Å². The Kier molecular flexibility index (Phi) is 8.11. The van der Waals surface area contributed by atoms with Gasteiger partial charge < -0.3 is 24.8 Å². The third kappa shape index (κ3) is 4.29. The number of benzene rings is 4. The van der Waals surface area contributed by atoms with Crippen LogP contribution in [0.4, 0.5) is 0 Å². The minimum atomic E-state index is 0. The van der Waals surface area contributed by atoms with Crippen LogP contribution in [0.25, 0.3) is 22.3 Å². The molecule has 33 heavy (non-hydrogen) atoms. The van der Waals surface area contributed by atoms with E-state index in [0.29, 0.717) is 0 Å². The number of hydrogen-bond acceptors (Lipinski definition) is 0. The standard InChI is InChI=1S/C30H26.2ClH.Zr/c1-19-11-12-22(29-18-24-8-4-6-10-26(24)30(19)29)14-13-21-15-16-27-25-9-5-3-7-23(25)17-28(27)20(21)2;;;/h3-12,15-16H,13-14,17-18H2,1-2H3;2*1H;/q;;;+2/p-2. The monoisotopic (exact) mass is 546 g/mol. The molecule has 4 aromatic carbocycles. The Morgan fingerprint density at radius 3 is 1.91 bits per heavy atom. The van der Waals surface area contributed by atoms with Gasteiger partial charge in [-0.15, -0.1) is 0 Å². The summed E-state index contributed by atoms with van der Waals surface area (Å²) in [6, 6.07) is 27.2. The summed E-state index contributed by atoms with van der Waals surface area (Å²) in [5.41, 5.74) is 17.8. The van der Waals surface area contributed by atoms with Crippen LogP contribution >= 0.6 is 0 Å². The molecular weight excluding hydrogens is 522 g/mol. The molecule has 0 radical (unpaired) electrons. The van der Waals surface area contributed by atoms with E-state index in [1.165, 1.54) is 61.2 Å². The van der Waals surface area contributed by atoms with Crippen LogP contribution in [-0.4, -0.2) is 0 Å². The summed E-state index contributed by atoms with van der Waals surface area (Å²) in [6.45, 7) is 4.59. The van der Waals surface area contributed by atoms with Gasteiger partial charge in [0.2, 0.25) is 0 Å². The predicted molar refractivity (Wildman–Crippen MR) is 126 cm³/mol. The van der Waals surface area contributed by atoms with Gasteiger partial charge in [0.25, 0.3) is 0 Å². The predicted octanol–water partition coefficient (Wildman–Crippen LogP) is 1.24. The molecule has 0 aromatic heterocycles. The molecule has 2 aliphatic rings. The molecule has 0 unspecified atom stereocenters. The van der Waals surface area contributed by atoms with Crippen LogP contribution in [0.15, 0.2) is 72.8 Å². The van der Waals surface area contributed by atoms with Crippen molar-refractivity contribution in [2.24, 2.45) is 0 Å². The first-order valence-corrected chi connectivity index (χ1v) is 11.1. The zero-order valence-electron chi connectivity index (χ0n) is 19.0. The minimum absolute atomic E-state index is 0. The second-order valence-corrected chi connectivity index (χ2v) is 8.94. The average molecular weight is 549 g/mol. The van der Waals surface area contributed by atoms with E-state index < -0.39 is 0 Å². The van der Waals surface area contributed by atoms with E-state index in [9.17, 15) is 0 Å². The van der Waals surface area contributed by atoms with E-state index in [2.05, 4.69) is 86.6 Å². The Morgan fingerprint density at radius 1 is 0.576 bits per heavy atom. The summed E-state index contributed by atoms with van der Waals surface area (Å²) >= 11 is 0. The average Bonchev–Trinajstić information content (AvgIpc) is 3.34. The summed E-state index contributed by atoms with van der Waals surface area (Å²) in [7, 11) is 0. The van der Waals surface area contributed by atoms with Crippen LogP contribution in [0.3, 0.4) is 0 Å². The second-order valence-electron chi connectivity index (χ2n) is 8.94. The van der Waals surface area contributed by atoms with Crippen molar-refractivity contribution in [2.45, 2.75) is 39.5 Å². The zero-order valence-corrected chi connectivity index (χ0v) is 23.0. The zero-order chi connectivity index (χ0) is 20.2. The molecule has 2 aliphatic carbocycles. The van der Waals surface area contributed by atoms with E-state index in [0.717, 1.165) is 25.7 Å². The number of aryl methyl sites for hydroxylation is 3. The van der Waals surface area contributed by atoms with Gasteiger partial charge in [-0.25, -0.2) is 0 Å². The summed E-state index contributed by atoms with van der Waals surface area (Å²) in [5.74, 6) is 0. The molecule has 4 aromatic rings. The van der Waals surface area contributed by atoms with Crippen LogP contribution in [0.5, 0.6) is 0 Å². The number of fused-ring (bicyclic) bond motifs is 6. The molecule has 0 N–H and O–H groups in total. The smallest absolute Gasteiger partial charge is 1.00 e. The Hall–Kier alpha value is -1.66. The second kappa shape index (κ2) is 10.3. The molecule has 164 valence electrons. The number of hydrogen-bond donors (Lipinski definition) is 0. The van der Waals surface area contributed by atoms with E-state index in [1.54, 1.807) is 5.56 Å². The summed E-state index contributed by atoms with van der Waals surface area (Å²) in [6.07, 6.45) is 4.39. The molecular formula is C30H26Cl2Zr. The maximum absolute atomic E-state index is 2.37. The molecule has 0 fully saturated rings. The molecule has 0 saturated heterocycles. The van der Waals surface area contributed by atoms with Gasteiger partial charge in [0, 0.05) is 0 Å². The molecule has 0 heterocycles. The maximum Gasteiger partial charge on any atom is 2.00 e. The summed E-state index contributed by atoms with van der Waals surface area (Å²) in [5, 5.41) is 0. The molecule has 6 rings (SSSR count). The first kappa shape index (κ1) is 26.0. The van der Waals surface area contributed by atoms with Gasteiger partial charge in [-0.3, -0.25) is 0 Å². The fourth-order valence-corrected chi connectivity index (χ4v) is 5.68. The van der Waals surface area contributed by atoms with Crippen LogP contribution in [0.1, 0.15) is 44.5 Å². The van der Waals surface area contributed by atoms with Gasteiger partial charge >= 0.3 is 26.2 Å². The first-order chi connectivity index (χ1) is 14.7. The SMILES string of the molecule is Cc1ccc(CCc2ccc3c(c2C)Cc2ccccc2-3)c2c1-c1ccccc1C2.[Cl-].[Cl-].[Zr+2]. The number of halogens is 2. The Bertz CT molecular complexity index is 1320. The van der Waals surface area contributed by atoms with Crippen molar-refractivity contribution < 1.29 is 51.0 Å². The fourth-order valence-electron chi connectivity index (χ4n) is 5.68. The van der Waals surface area contributed by atoms with Gasteiger partial charge in [0.15, 0.2) is 0 Å². The molecule has 0 amide bonds. The van der Waals surface area contributed by atoms with Gasteiger partial charge in [0.1, 0.15) is 0 Å². The molecule has 0 aliphatic heterocycles. The summed E-state index contributed by atoms with van der Waals surface area (Å²) < 4.78 is 0. The fraction of sp³-hybridized carbons (Fsp3) is 0.200. The third-order valence-electron chi connectivity index (χ3n) is 7.32. The summed E-state index contributed by atoms with van der Waals surface area (Å²) in [4.78, 5) is 0. The van der Waals surface area contributed by atoms with Crippen molar-refractivity contribution in [1.82, 2.24) is 0 Å². The number of rotatable bonds is 3. The first-order valence-electron chi connectivity index (χ1n) is 11.1. The molecule has 0 bridgehead atoms. The van der Waals surface area contributed by atoms with Crippen molar-refractivity contribution in [3.8, 4) is 22.3 Å². The van der Waals surface area contributed by atoms with Gasteiger partial charge in [-0.1, -0.05) is 72.8 Å². The Labute approximate surface area is 228 Å². The van der Waals surface area contributed by atoms with Crippen molar-refractivity contribution in [1.29, 1.82) is 0 Å². The minimum Gasteiger partial charge on any atom is -1.00 e. The molecule has 0 atom stereocenters. The van der Waals surface area contributed by atoms with E-state index in [4.69, 9.17) is 0 Å². The van der Waals surface area contributed by atoms with E-state index >= 15 is 0 Å². The van der Waals surface area contributed by atoms with Crippen LogP contribution in [-0.2, 0) is 51.9 Å². The molecule has 0 spiro atoms. The molecule has 0 saturated carbocycles. The third-order valence-corrected chi connectivity index (χ3v) is 7.32. The largest absolute Gasteiger partial charge is 2.00 e. The Morgan fingerprint density at radius 2 is 1.15 bits per heavy atom. The van der Waals surface area contributed by atoms with Crippen LogP contribution < -0.4 is 24.8 Å². The van der Waals surface area contributed by atoms with Gasteiger partial charge in [-0.2, -0.15) is 0 Å². The van der Waals surface area contributed by atoms with Crippen molar-refractivity contribution in [2.75, 3.05) is 0 Å². The van der Waals surface area contributed by atoms with Gasteiger partial charge in [0.05, 0.1) is 0 Å². The van der Waals surface area contributed by atoms with Crippen molar-refractivity contribution in [3.05, 3.63) is 117 Å². The van der Waals surface area contributed by atoms with Gasteiger partial charge in [-0.05, 0) is 106 Å². The molecule has 3 heteroatoms. The quantitative estimate of drug-likeness (QED) is 0.312. The van der Waals surface area contributed by atoms with Crippen molar-refractivity contribution >= 4 is 0 Å². The molecule has 0 nitrogen and oxygen atoms in total. The normalized spacial score (nSPS) is 11.8. The topological polar surface area (TPSA) is 0 Å². The van der Waals surface area contributed by atoms with E-state index in [1.807, 2.05) is 0 Å².